The van der Waals surface area contributed by atoms with Crippen molar-refractivity contribution in [1.29, 1.82) is 0 Å². The minimum atomic E-state index is -1.63. The SMILES string of the molecule is CCC(Oc1cccc2ccccc12)C(=O)O[C@H]1C[C@H](C(C)(C)C)C=C2C=C[C@H](C)[C@](CC[C@@H]3C[C@H](C(C)(C)C)C(O[SiH](C)C)C(=O)O3)(O[SiH](C)C)[C@H]21. The van der Waals surface area contributed by atoms with Crippen LogP contribution in [-0.4, -0.2) is 60.0 Å². The predicted octanol–water partition coefficient (Wildman–Crippen LogP) is 9.59. The fraction of sp³-hybridized carbons (Fsp3) is 0.636. The quantitative estimate of drug-likeness (QED) is 0.157. The highest BCUT2D eigenvalue weighted by Gasteiger charge is 2.55. The van der Waals surface area contributed by atoms with Gasteiger partial charge in [0.1, 0.15) is 24.1 Å². The number of fused-ring (bicyclic) bond motifs is 2. The maximum absolute atomic E-state index is 14.3. The molecule has 0 bridgehead atoms. The number of cyclic esters (lactones) is 1. The summed E-state index contributed by atoms with van der Waals surface area (Å²) in [6, 6.07) is 14.0. The van der Waals surface area contributed by atoms with Crippen molar-refractivity contribution in [3.8, 4) is 5.75 Å². The number of hydrogen-bond acceptors (Lipinski definition) is 7. The molecule has 7 nitrogen and oxygen atoms in total. The van der Waals surface area contributed by atoms with Gasteiger partial charge in [-0.25, -0.2) is 9.59 Å². The van der Waals surface area contributed by atoms with Gasteiger partial charge in [0.15, 0.2) is 24.2 Å². The third-order valence-electron chi connectivity index (χ3n) is 11.8. The van der Waals surface area contributed by atoms with E-state index in [1.807, 2.05) is 37.3 Å². The van der Waals surface area contributed by atoms with Crippen LogP contribution in [0, 0.1) is 34.5 Å². The van der Waals surface area contributed by atoms with Gasteiger partial charge < -0.3 is 23.1 Å². The van der Waals surface area contributed by atoms with Crippen LogP contribution in [0.2, 0.25) is 26.2 Å². The number of rotatable bonds is 12. The van der Waals surface area contributed by atoms with E-state index >= 15 is 0 Å². The average molecular weight is 763 g/mol. The first-order valence-electron chi connectivity index (χ1n) is 20.1. The normalized spacial score (nSPS) is 29.8. The van der Waals surface area contributed by atoms with E-state index < -0.39 is 42.0 Å². The van der Waals surface area contributed by atoms with Crippen LogP contribution < -0.4 is 4.74 Å². The molecule has 3 aliphatic rings. The summed E-state index contributed by atoms with van der Waals surface area (Å²) in [5, 5.41) is 2.03. The van der Waals surface area contributed by atoms with Crippen LogP contribution >= 0.6 is 0 Å². The van der Waals surface area contributed by atoms with Crippen molar-refractivity contribution in [3.63, 3.8) is 0 Å². The van der Waals surface area contributed by atoms with Crippen LogP contribution in [0.15, 0.2) is 66.3 Å². The van der Waals surface area contributed by atoms with Crippen molar-refractivity contribution in [2.45, 2.75) is 144 Å². The highest BCUT2D eigenvalue weighted by Crippen LogP contribution is 2.53. The highest BCUT2D eigenvalue weighted by atomic mass is 28.3. The smallest absolute Gasteiger partial charge is 0.347 e. The number of benzene rings is 2. The molecule has 0 aromatic heterocycles. The Morgan fingerprint density at radius 2 is 1.66 bits per heavy atom. The number of allylic oxidation sites excluding steroid dienone is 2. The minimum Gasteiger partial charge on any atom is -0.478 e. The van der Waals surface area contributed by atoms with Crippen molar-refractivity contribution in [2.24, 2.45) is 34.5 Å². The molecule has 53 heavy (non-hydrogen) atoms. The zero-order valence-corrected chi connectivity index (χ0v) is 36.7. The third-order valence-corrected chi connectivity index (χ3v) is 13.5. The lowest BCUT2D eigenvalue weighted by Gasteiger charge is -2.54. The molecule has 2 unspecified atom stereocenters. The van der Waals surface area contributed by atoms with E-state index in [2.05, 4.69) is 105 Å². The molecule has 9 atom stereocenters. The lowest BCUT2D eigenvalue weighted by molar-refractivity contribution is -0.180. The van der Waals surface area contributed by atoms with E-state index in [0.717, 1.165) is 17.2 Å². The standard InChI is InChI=1S/C44H66O7Si2/c1-13-35(48-36-20-16-18-29-17-14-15-19-33(29)36)40(45)49-37-26-31(42(3,4)5)25-30-22-21-28(2)44(38(30)37,51-53(11)12)24-23-32-27-34(43(6,7)8)39(41(46)47-32)50-52(9)10/h14-22,25,28,31-32,34-35,37-39,52-53H,13,23-24,26-27H2,1-12H3/t28-,31+,32+,34-,35?,37-,38+,39?,44-/m0/s1. The van der Waals surface area contributed by atoms with Crippen molar-refractivity contribution in [1.82, 2.24) is 0 Å². The zero-order chi connectivity index (χ0) is 38.9. The molecule has 1 fully saturated rings. The number of hydrogen-bond donors (Lipinski definition) is 0. The van der Waals surface area contributed by atoms with Gasteiger partial charge in [-0.15, -0.1) is 0 Å². The second-order valence-corrected chi connectivity index (χ2v) is 23.2. The molecule has 2 aromatic rings. The molecule has 1 saturated heterocycles. The summed E-state index contributed by atoms with van der Waals surface area (Å²) in [6.45, 7) is 26.2. The van der Waals surface area contributed by atoms with Gasteiger partial charge in [0.05, 0.1) is 5.60 Å². The molecule has 0 spiro atoms. The van der Waals surface area contributed by atoms with Crippen LogP contribution in [0.5, 0.6) is 5.75 Å². The predicted molar refractivity (Wildman–Crippen MR) is 219 cm³/mol. The van der Waals surface area contributed by atoms with E-state index in [9.17, 15) is 9.59 Å². The van der Waals surface area contributed by atoms with Gasteiger partial charge in [0.25, 0.3) is 0 Å². The van der Waals surface area contributed by atoms with Gasteiger partial charge >= 0.3 is 11.9 Å². The average Bonchev–Trinajstić information content (AvgIpc) is 3.07. The second kappa shape index (κ2) is 16.6. The van der Waals surface area contributed by atoms with Gasteiger partial charge in [-0.1, -0.05) is 110 Å². The third kappa shape index (κ3) is 9.39. The Labute approximate surface area is 322 Å². The van der Waals surface area contributed by atoms with Gasteiger partial charge in [-0.3, -0.25) is 0 Å². The molecule has 0 radical (unpaired) electrons. The molecular weight excluding hydrogens is 697 g/mol. The number of carbonyl (C=O) groups excluding carboxylic acids is 2. The molecule has 5 rings (SSSR count). The molecule has 1 aliphatic heterocycles. The van der Waals surface area contributed by atoms with Gasteiger partial charge in [-0.05, 0) is 92.1 Å². The van der Waals surface area contributed by atoms with Gasteiger partial charge in [0.2, 0.25) is 0 Å². The molecule has 0 saturated carbocycles. The summed E-state index contributed by atoms with van der Waals surface area (Å²) in [5.41, 5.74) is 0.397. The molecule has 0 amide bonds. The van der Waals surface area contributed by atoms with E-state index in [0.29, 0.717) is 31.4 Å². The number of carbonyl (C=O) groups is 2. The summed E-state index contributed by atoms with van der Waals surface area (Å²) in [6.07, 6.45) is 8.28. The molecular formula is C44H66O7Si2. The first kappa shape index (κ1) is 41.4. The lowest BCUT2D eigenvalue weighted by Crippen LogP contribution is -2.58. The summed E-state index contributed by atoms with van der Waals surface area (Å²) in [5.74, 6) is 0.250. The second-order valence-electron chi connectivity index (χ2n) is 18.5. The maximum atomic E-state index is 14.3. The monoisotopic (exact) mass is 762 g/mol. The molecule has 9 heteroatoms. The van der Waals surface area contributed by atoms with Gasteiger partial charge in [0, 0.05) is 23.1 Å². The summed E-state index contributed by atoms with van der Waals surface area (Å²) in [7, 11) is -3.09. The summed E-state index contributed by atoms with van der Waals surface area (Å²) in [4.78, 5) is 27.9. The Balaban J connectivity index is 1.47. The van der Waals surface area contributed by atoms with E-state index in [4.69, 9.17) is 23.1 Å². The first-order chi connectivity index (χ1) is 24.8. The Morgan fingerprint density at radius 1 is 0.962 bits per heavy atom. The summed E-state index contributed by atoms with van der Waals surface area (Å²) < 4.78 is 33.0. The lowest BCUT2D eigenvalue weighted by atomic mass is 9.59. The van der Waals surface area contributed by atoms with E-state index in [1.54, 1.807) is 0 Å². The van der Waals surface area contributed by atoms with Crippen LogP contribution in [0.3, 0.4) is 0 Å². The number of ether oxygens (including phenoxy) is 3. The Bertz CT molecular complexity index is 1650. The minimum absolute atomic E-state index is 0.0326. The first-order valence-corrected chi connectivity index (χ1v) is 25.7. The molecule has 2 aromatic carbocycles. The maximum Gasteiger partial charge on any atom is 0.347 e. The van der Waals surface area contributed by atoms with E-state index in [1.165, 1.54) is 5.57 Å². The molecule has 0 N–H and O–H groups in total. The van der Waals surface area contributed by atoms with Crippen LogP contribution in [0.4, 0.5) is 0 Å². The van der Waals surface area contributed by atoms with Crippen LogP contribution in [0.25, 0.3) is 10.8 Å². The Morgan fingerprint density at radius 3 is 2.30 bits per heavy atom. The molecule has 292 valence electrons. The van der Waals surface area contributed by atoms with Crippen molar-refractivity contribution in [3.05, 3.63) is 66.3 Å². The topological polar surface area (TPSA) is 80.3 Å². The summed E-state index contributed by atoms with van der Waals surface area (Å²) >= 11 is 0. The van der Waals surface area contributed by atoms with Crippen molar-refractivity contribution >= 4 is 40.8 Å². The van der Waals surface area contributed by atoms with Crippen molar-refractivity contribution < 1.29 is 32.7 Å². The van der Waals surface area contributed by atoms with Crippen LogP contribution in [-0.2, 0) is 27.9 Å². The zero-order valence-electron chi connectivity index (χ0n) is 34.4. The largest absolute Gasteiger partial charge is 0.478 e. The van der Waals surface area contributed by atoms with Crippen molar-refractivity contribution in [2.75, 3.05) is 0 Å². The number of esters is 2. The molecule has 2 aliphatic carbocycles. The van der Waals surface area contributed by atoms with E-state index in [-0.39, 0.29) is 52.5 Å². The molecule has 1 heterocycles. The Hall–Kier alpha value is -2.73. The fourth-order valence-corrected chi connectivity index (χ4v) is 11.1. The fourth-order valence-electron chi connectivity index (χ4n) is 8.88. The van der Waals surface area contributed by atoms with Crippen LogP contribution in [0.1, 0.15) is 87.5 Å². The highest BCUT2D eigenvalue weighted by molar-refractivity contribution is 6.49. The van der Waals surface area contributed by atoms with Gasteiger partial charge in [-0.2, -0.15) is 0 Å². The Kier molecular flexibility index (Phi) is 12.9.